The van der Waals surface area contributed by atoms with E-state index in [9.17, 15) is 0 Å². The van der Waals surface area contributed by atoms with Crippen LogP contribution in [0.4, 0.5) is 5.82 Å². The first-order valence-electron chi connectivity index (χ1n) is 10.6. The number of methoxy groups -OCH3 is 1. The van der Waals surface area contributed by atoms with Gasteiger partial charge in [-0.1, -0.05) is 32.9 Å². The van der Waals surface area contributed by atoms with Gasteiger partial charge in [0.1, 0.15) is 16.4 Å². The van der Waals surface area contributed by atoms with Crippen molar-refractivity contribution in [3.05, 3.63) is 34.4 Å². The summed E-state index contributed by atoms with van der Waals surface area (Å²) in [5.74, 6) is 1.87. The maximum atomic E-state index is 6.42. The van der Waals surface area contributed by atoms with E-state index in [2.05, 4.69) is 49.7 Å². The lowest BCUT2D eigenvalue weighted by molar-refractivity contribution is 0.136. The van der Waals surface area contributed by atoms with Gasteiger partial charge in [0.2, 0.25) is 5.28 Å². The average Bonchev–Trinajstić information content (AvgIpc) is 3.12. The highest BCUT2D eigenvalue weighted by Crippen LogP contribution is 2.55. The number of aryl methyl sites for hydroxylation is 1. The maximum absolute atomic E-state index is 6.42. The average molecular weight is 442 g/mol. The van der Waals surface area contributed by atoms with Gasteiger partial charge in [-0.05, 0) is 66.3 Å². The van der Waals surface area contributed by atoms with Crippen LogP contribution < -0.4 is 9.64 Å². The summed E-state index contributed by atoms with van der Waals surface area (Å²) in [6.45, 7) is 10.4. The quantitative estimate of drug-likeness (QED) is 0.422. The number of hydrogen-bond donors (Lipinski definition) is 0. The molecule has 2 unspecified atom stereocenters. The maximum Gasteiger partial charge on any atom is 0.225 e. The summed E-state index contributed by atoms with van der Waals surface area (Å²) in [7, 11) is 1.70. The highest BCUT2D eigenvalue weighted by atomic mass is 35.5. The van der Waals surface area contributed by atoms with E-state index in [0.29, 0.717) is 22.2 Å². The first-order valence-corrected chi connectivity index (χ1v) is 11.8. The van der Waals surface area contributed by atoms with E-state index >= 15 is 0 Å². The summed E-state index contributed by atoms with van der Waals surface area (Å²) in [4.78, 5) is 14.2. The van der Waals surface area contributed by atoms with Gasteiger partial charge in [-0.25, -0.2) is 4.98 Å². The number of aromatic nitrogens is 2. The molecule has 30 heavy (non-hydrogen) atoms. The third-order valence-electron chi connectivity index (χ3n) is 6.75. The fraction of sp³-hybridized carbons (Fsp3) is 0.500. The minimum absolute atomic E-state index is 0.321. The van der Waals surface area contributed by atoms with Crippen LogP contribution in [0.25, 0.3) is 21.3 Å². The Labute approximate surface area is 187 Å². The topological polar surface area (TPSA) is 38.3 Å². The lowest BCUT2D eigenvalue weighted by Crippen LogP contribution is -2.35. The van der Waals surface area contributed by atoms with Gasteiger partial charge in [-0.2, -0.15) is 4.98 Å². The number of thiophene rings is 1. The molecule has 2 aliphatic rings. The number of hydrogen-bond acceptors (Lipinski definition) is 5. The van der Waals surface area contributed by atoms with E-state index in [0.717, 1.165) is 28.3 Å². The Hall–Kier alpha value is -1.85. The molecule has 2 atom stereocenters. The Morgan fingerprint density at radius 2 is 1.87 bits per heavy atom. The molecule has 1 aliphatic carbocycles. The van der Waals surface area contributed by atoms with Gasteiger partial charge >= 0.3 is 0 Å². The number of fused-ring (bicyclic) bond motifs is 3. The van der Waals surface area contributed by atoms with Crippen LogP contribution in [0.3, 0.4) is 0 Å². The number of nitrogens with zero attached hydrogens (tertiary/aromatic N) is 3. The summed E-state index contributed by atoms with van der Waals surface area (Å²) in [5.41, 5.74) is 3.06. The van der Waals surface area contributed by atoms with Crippen molar-refractivity contribution in [2.24, 2.45) is 10.8 Å². The van der Waals surface area contributed by atoms with E-state index in [4.69, 9.17) is 21.3 Å². The lowest BCUT2D eigenvalue weighted by Gasteiger charge is -2.39. The molecule has 1 aliphatic heterocycles. The number of halogens is 1. The Morgan fingerprint density at radius 3 is 2.57 bits per heavy atom. The van der Waals surface area contributed by atoms with Crippen LogP contribution in [0.1, 0.15) is 44.9 Å². The fourth-order valence-electron chi connectivity index (χ4n) is 6.09. The van der Waals surface area contributed by atoms with Crippen molar-refractivity contribution < 1.29 is 4.74 Å². The first-order chi connectivity index (χ1) is 14.2. The van der Waals surface area contributed by atoms with Gasteiger partial charge in [-0.3, -0.25) is 0 Å². The fourth-order valence-corrected chi connectivity index (χ4v) is 7.34. The zero-order valence-corrected chi connectivity index (χ0v) is 19.8. The molecule has 3 aromatic rings. The molecule has 1 saturated carbocycles. The van der Waals surface area contributed by atoms with Gasteiger partial charge in [0.25, 0.3) is 0 Å². The van der Waals surface area contributed by atoms with E-state index in [-0.39, 0.29) is 0 Å². The van der Waals surface area contributed by atoms with Crippen molar-refractivity contribution in [1.29, 1.82) is 0 Å². The highest BCUT2D eigenvalue weighted by molar-refractivity contribution is 7.19. The van der Waals surface area contributed by atoms with Crippen molar-refractivity contribution in [1.82, 2.24) is 9.97 Å². The van der Waals surface area contributed by atoms with Gasteiger partial charge in [0.15, 0.2) is 0 Å². The highest BCUT2D eigenvalue weighted by Gasteiger charge is 2.50. The standard InChI is InChI=1S/C24H28ClN3OS/c1-14-18(15-6-8-17(29-5)9-7-15)19-20(26-22(25)27-21(19)30-14)28-13-24(4)11-16(28)10-23(2,3)12-24/h6-9,16H,10-13H2,1-5H3. The van der Waals surface area contributed by atoms with Crippen LogP contribution >= 0.6 is 22.9 Å². The predicted molar refractivity (Wildman–Crippen MR) is 126 cm³/mol. The Bertz CT molecular complexity index is 1120. The number of anilines is 1. The van der Waals surface area contributed by atoms with Crippen LogP contribution in [0.5, 0.6) is 5.75 Å². The molecule has 0 radical (unpaired) electrons. The monoisotopic (exact) mass is 441 g/mol. The van der Waals surface area contributed by atoms with Crippen molar-refractivity contribution in [3.8, 4) is 16.9 Å². The third kappa shape index (κ3) is 3.27. The van der Waals surface area contributed by atoms with Crippen LogP contribution in [-0.2, 0) is 0 Å². The van der Waals surface area contributed by atoms with Crippen molar-refractivity contribution in [2.75, 3.05) is 18.6 Å². The smallest absolute Gasteiger partial charge is 0.225 e. The van der Waals surface area contributed by atoms with Gasteiger partial charge in [0.05, 0.1) is 12.5 Å². The Kier molecular flexibility index (Phi) is 4.57. The van der Waals surface area contributed by atoms with Gasteiger partial charge in [0, 0.05) is 23.0 Å². The first kappa shape index (κ1) is 20.1. The summed E-state index contributed by atoms with van der Waals surface area (Å²) in [6.07, 6.45) is 3.66. The second-order valence-corrected chi connectivity index (χ2v) is 11.6. The zero-order chi connectivity index (χ0) is 21.3. The molecule has 2 fully saturated rings. The molecule has 4 nitrogen and oxygen atoms in total. The lowest BCUT2D eigenvalue weighted by atomic mass is 9.65. The van der Waals surface area contributed by atoms with Crippen LogP contribution in [0.15, 0.2) is 24.3 Å². The second-order valence-electron chi connectivity index (χ2n) is 10.1. The molecule has 5 rings (SSSR count). The zero-order valence-electron chi connectivity index (χ0n) is 18.3. The van der Waals surface area contributed by atoms with Crippen LogP contribution in [-0.4, -0.2) is 29.7 Å². The molecule has 2 aromatic heterocycles. The molecule has 1 aromatic carbocycles. The number of rotatable bonds is 3. The molecule has 0 spiro atoms. The Balaban J connectivity index is 1.69. The summed E-state index contributed by atoms with van der Waals surface area (Å²) < 4.78 is 5.36. The summed E-state index contributed by atoms with van der Waals surface area (Å²) in [6, 6.07) is 8.77. The summed E-state index contributed by atoms with van der Waals surface area (Å²) in [5, 5.41) is 1.48. The Morgan fingerprint density at radius 1 is 1.13 bits per heavy atom. The molecule has 0 amide bonds. The molecular formula is C24H28ClN3OS. The minimum atomic E-state index is 0.321. The SMILES string of the molecule is COc1ccc(-c2c(C)sc3nc(Cl)nc(N4CC5(C)CC4CC(C)(C)C5)c23)cc1. The van der Waals surface area contributed by atoms with Crippen molar-refractivity contribution in [3.63, 3.8) is 0 Å². The molecule has 158 valence electrons. The molecule has 0 N–H and O–H groups in total. The van der Waals surface area contributed by atoms with Crippen molar-refractivity contribution in [2.45, 2.75) is 53.0 Å². The van der Waals surface area contributed by atoms with E-state index in [1.807, 2.05) is 12.1 Å². The van der Waals surface area contributed by atoms with E-state index < -0.39 is 0 Å². The largest absolute Gasteiger partial charge is 0.497 e. The summed E-state index contributed by atoms with van der Waals surface area (Å²) >= 11 is 8.13. The molecule has 6 heteroatoms. The molecule has 3 heterocycles. The number of ether oxygens (including phenoxy) is 1. The van der Waals surface area contributed by atoms with Crippen LogP contribution in [0, 0.1) is 17.8 Å². The normalized spacial score (nSPS) is 25.1. The molecule has 1 saturated heterocycles. The van der Waals surface area contributed by atoms with E-state index in [1.54, 1.807) is 18.4 Å². The third-order valence-corrected chi connectivity index (χ3v) is 7.91. The van der Waals surface area contributed by atoms with Gasteiger partial charge < -0.3 is 9.64 Å². The number of benzene rings is 1. The van der Waals surface area contributed by atoms with Gasteiger partial charge in [-0.15, -0.1) is 11.3 Å². The second kappa shape index (κ2) is 6.83. The predicted octanol–water partition coefficient (Wildman–Crippen LogP) is 6.73. The van der Waals surface area contributed by atoms with Crippen molar-refractivity contribution >= 4 is 39.0 Å². The molecule has 2 bridgehead atoms. The minimum Gasteiger partial charge on any atom is -0.497 e. The van der Waals surface area contributed by atoms with E-state index in [1.165, 1.54) is 35.3 Å². The molecular weight excluding hydrogens is 414 g/mol. The van der Waals surface area contributed by atoms with Crippen LogP contribution in [0.2, 0.25) is 5.28 Å².